The molecule has 1 heterocycles. The molecular formula is C12H21N3O3. The molecule has 1 aromatic rings. The molecule has 6 heteroatoms. The number of hydrogen-bond acceptors (Lipinski definition) is 5. The van der Waals surface area contributed by atoms with E-state index in [-0.39, 0.29) is 29.4 Å². The molecule has 102 valence electrons. The monoisotopic (exact) mass is 255 g/mol. The zero-order valence-electron chi connectivity index (χ0n) is 11.3. The number of methoxy groups -OCH3 is 1. The van der Waals surface area contributed by atoms with Crippen LogP contribution >= 0.6 is 0 Å². The highest BCUT2D eigenvalue weighted by molar-refractivity contribution is 5.48. The topological polar surface area (TPSA) is 87.2 Å². The first-order valence-electron chi connectivity index (χ1n) is 5.89. The van der Waals surface area contributed by atoms with E-state index in [1.807, 2.05) is 0 Å². The Bertz CT molecular complexity index is 437. The highest BCUT2D eigenvalue weighted by Gasteiger charge is 2.25. The summed E-state index contributed by atoms with van der Waals surface area (Å²) in [6.07, 6.45) is 1.90. The summed E-state index contributed by atoms with van der Waals surface area (Å²) in [7, 11) is 1.43. The molecule has 0 fully saturated rings. The minimum atomic E-state index is -0.327. The number of aromatic amines is 1. The summed E-state index contributed by atoms with van der Waals surface area (Å²) in [6.45, 7) is 6.24. The Hall–Kier alpha value is -1.56. The van der Waals surface area contributed by atoms with Crippen LogP contribution in [0, 0.1) is 5.41 Å². The quantitative estimate of drug-likeness (QED) is 0.730. The summed E-state index contributed by atoms with van der Waals surface area (Å²) in [5.74, 6) is 0.555. The maximum atomic E-state index is 11.6. The number of H-pyrrole nitrogens is 1. The van der Waals surface area contributed by atoms with Crippen molar-refractivity contribution in [1.82, 2.24) is 9.97 Å². The normalized spacial score (nSPS) is 13.2. The molecule has 0 aliphatic rings. The van der Waals surface area contributed by atoms with Gasteiger partial charge in [0.2, 0.25) is 5.75 Å². The summed E-state index contributed by atoms with van der Waals surface area (Å²) in [4.78, 5) is 18.1. The summed E-state index contributed by atoms with van der Waals surface area (Å²) in [6, 6.07) is -0.00861. The number of aliphatic hydroxyl groups excluding tert-OH is 1. The van der Waals surface area contributed by atoms with Crippen molar-refractivity contribution in [3.8, 4) is 5.75 Å². The molecular weight excluding hydrogens is 234 g/mol. The lowest BCUT2D eigenvalue weighted by atomic mass is 9.85. The number of hydrogen-bond donors (Lipinski definition) is 3. The number of aromatic nitrogens is 2. The summed E-state index contributed by atoms with van der Waals surface area (Å²) >= 11 is 0. The van der Waals surface area contributed by atoms with Gasteiger partial charge in [0.05, 0.1) is 13.4 Å². The zero-order chi connectivity index (χ0) is 13.8. The van der Waals surface area contributed by atoms with Gasteiger partial charge in [-0.2, -0.15) is 0 Å². The molecule has 0 aliphatic heterocycles. The third-order valence-corrected chi connectivity index (χ3v) is 2.79. The van der Waals surface area contributed by atoms with Crippen molar-refractivity contribution >= 4 is 5.82 Å². The molecule has 3 N–H and O–H groups in total. The minimum Gasteiger partial charge on any atom is -0.489 e. The fourth-order valence-electron chi connectivity index (χ4n) is 1.70. The van der Waals surface area contributed by atoms with Gasteiger partial charge in [-0.1, -0.05) is 20.8 Å². The molecule has 1 aromatic heterocycles. The van der Waals surface area contributed by atoms with Crippen LogP contribution in [-0.4, -0.2) is 34.8 Å². The third kappa shape index (κ3) is 3.46. The molecule has 0 radical (unpaired) electrons. The standard InChI is InChI=1S/C12H21N3O3/c1-12(2,3)8(5-6-16)15-10-9(18-4)11(17)14-7-13-10/h7-8,16H,5-6H2,1-4H3,(H2,13,14,15,17). The van der Waals surface area contributed by atoms with Crippen molar-refractivity contribution in [3.63, 3.8) is 0 Å². The SMILES string of the molecule is COc1c(NC(CCO)C(C)(C)C)nc[nH]c1=O. The Labute approximate surface area is 106 Å². The molecule has 0 aromatic carbocycles. The molecule has 0 saturated heterocycles. The van der Waals surface area contributed by atoms with Crippen LogP contribution in [0.15, 0.2) is 11.1 Å². The maximum absolute atomic E-state index is 11.6. The van der Waals surface area contributed by atoms with E-state index in [4.69, 9.17) is 9.84 Å². The lowest BCUT2D eigenvalue weighted by Gasteiger charge is -2.31. The molecule has 0 bridgehead atoms. The van der Waals surface area contributed by atoms with E-state index >= 15 is 0 Å². The fraction of sp³-hybridized carbons (Fsp3) is 0.667. The minimum absolute atomic E-state index is 0.00861. The van der Waals surface area contributed by atoms with Gasteiger partial charge in [0, 0.05) is 12.6 Å². The Balaban J connectivity index is 3.01. The molecule has 1 unspecified atom stereocenters. The van der Waals surface area contributed by atoms with Gasteiger partial charge in [-0.25, -0.2) is 4.98 Å². The summed E-state index contributed by atoms with van der Waals surface area (Å²) in [5.41, 5.74) is -0.399. The van der Waals surface area contributed by atoms with Crippen LogP contribution in [-0.2, 0) is 0 Å². The highest BCUT2D eigenvalue weighted by atomic mass is 16.5. The third-order valence-electron chi connectivity index (χ3n) is 2.79. The maximum Gasteiger partial charge on any atom is 0.295 e. The van der Waals surface area contributed by atoms with Gasteiger partial charge in [-0.05, 0) is 11.8 Å². The number of ether oxygens (including phenoxy) is 1. The molecule has 18 heavy (non-hydrogen) atoms. The van der Waals surface area contributed by atoms with Crippen molar-refractivity contribution in [2.24, 2.45) is 5.41 Å². The second-order valence-electron chi connectivity index (χ2n) is 5.19. The number of anilines is 1. The van der Waals surface area contributed by atoms with Crippen molar-refractivity contribution < 1.29 is 9.84 Å². The largest absolute Gasteiger partial charge is 0.489 e. The van der Waals surface area contributed by atoms with Gasteiger partial charge in [0.1, 0.15) is 0 Å². The average molecular weight is 255 g/mol. The van der Waals surface area contributed by atoms with Gasteiger partial charge >= 0.3 is 0 Å². The van der Waals surface area contributed by atoms with Gasteiger partial charge in [0.25, 0.3) is 5.56 Å². The fourth-order valence-corrected chi connectivity index (χ4v) is 1.70. The molecule has 1 atom stereocenters. The molecule has 0 saturated carbocycles. The first kappa shape index (κ1) is 14.5. The second kappa shape index (κ2) is 5.86. The Kier molecular flexibility index (Phi) is 4.72. The van der Waals surface area contributed by atoms with Crippen molar-refractivity contribution in [2.75, 3.05) is 19.0 Å². The molecule has 0 amide bonds. The van der Waals surface area contributed by atoms with Crippen LogP contribution in [0.3, 0.4) is 0 Å². The molecule has 6 nitrogen and oxygen atoms in total. The second-order valence-corrected chi connectivity index (χ2v) is 5.19. The lowest BCUT2D eigenvalue weighted by Crippen LogP contribution is -2.35. The number of rotatable bonds is 5. The van der Waals surface area contributed by atoms with Crippen LogP contribution in [0.5, 0.6) is 5.75 Å². The molecule has 0 aliphatic carbocycles. The summed E-state index contributed by atoms with van der Waals surface area (Å²) in [5, 5.41) is 12.3. The zero-order valence-corrected chi connectivity index (χ0v) is 11.3. The first-order chi connectivity index (χ1) is 8.40. The number of nitrogens with one attached hydrogen (secondary N) is 2. The Morgan fingerprint density at radius 1 is 1.56 bits per heavy atom. The van der Waals surface area contributed by atoms with E-state index in [2.05, 4.69) is 36.1 Å². The van der Waals surface area contributed by atoms with E-state index in [0.29, 0.717) is 12.2 Å². The van der Waals surface area contributed by atoms with Crippen LogP contribution in [0.25, 0.3) is 0 Å². The first-order valence-corrected chi connectivity index (χ1v) is 5.89. The van der Waals surface area contributed by atoms with E-state index in [9.17, 15) is 4.79 Å². The summed E-state index contributed by atoms with van der Waals surface area (Å²) < 4.78 is 5.04. The van der Waals surface area contributed by atoms with E-state index < -0.39 is 0 Å². The molecule has 0 spiro atoms. The van der Waals surface area contributed by atoms with Crippen LogP contribution < -0.4 is 15.6 Å². The van der Waals surface area contributed by atoms with Gasteiger partial charge in [-0.15, -0.1) is 0 Å². The molecule has 1 rings (SSSR count). The average Bonchev–Trinajstić information content (AvgIpc) is 2.27. The van der Waals surface area contributed by atoms with Gasteiger partial charge in [0.15, 0.2) is 5.82 Å². The number of nitrogens with zero attached hydrogens (tertiary/aromatic N) is 1. The van der Waals surface area contributed by atoms with Crippen LogP contribution in [0.1, 0.15) is 27.2 Å². The van der Waals surface area contributed by atoms with Crippen molar-refractivity contribution in [1.29, 1.82) is 0 Å². The van der Waals surface area contributed by atoms with E-state index in [0.717, 1.165) is 0 Å². The predicted octanol–water partition coefficient (Wildman–Crippen LogP) is 0.987. The predicted molar refractivity (Wildman–Crippen MR) is 70.0 cm³/mol. The highest BCUT2D eigenvalue weighted by Crippen LogP contribution is 2.27. The number of aliphatic hydroxyl groups is 1. The van der Waals surface area contributed by atoms with Crippen LogP contribution in [0.4, 0.5) is 5.82 Å². The van der Waals surface area contributed by atoms with E-state index in [1.54, 1.807) is 0 Å². The lowest BCUT2D eigenvalue weighted by molar-refractivity contribution is 0.234. The van der Waals surface area contributed by atoms with Crippen molar-refractivity contribution in [2.45, 2.75) is 33.2 Å². The van der Waals surface area contributed by atoms with Crippen LogP contribution in [0.2, 0.25) is 0 Å². The van der Waals surface area contributed by atoms with Gasteiger partial charge in [-0.3, -0.25) is 4.79 Å². The Morgan fingerprint density at radius 3 is 2.72 bits per heavy atom. The van der Waals surface area contributed by atoms with Crippen molar-refractivity contribution in [3.05, 3.63) is 16.7 Å². The van der Waals surface area contributed by atoms with Gasteiger partial charge < -0.3 is 20.1 Å². The van der Waals surface area contributed by atoms with E-state index in [1.165, 1.54) is 13.4 Å². The smallest absolute Gasteiger partial charge is 0.295 e. The Morgan fingerprint density at radius 2 is 2.22 bits per heavy atom.